The molecule has 0 fully saturated rings. The molecule has 0 spiro atoms. The average Bonchev–Trinajstić information content (AvgIpc) is 2.85. The molecule has 1 aromatic carbocycles. The summed E-state index contributed by atoms with van der Waals surface area (Å²) < 4.78 is 1.59. The first-order chi connectivity index (χ1) is 8.66. The van der Waals surface area contributed by atoms with Crippen LogP contribution in [0.25, 0.3) is 0 Å². The predicted octanol–water partition coefficient (Wildman–Crippen LogP) is 0.119. The van der Waals surface area contributed by atoms with Gasteiger partial charge in [0.1, 0.15) is 0 Å². The number of hydrogen-bond acceptors (Lipinski definition) is 5. The van der Waals surface area contributed by atoms with E-state index in [1.807, 2.05) is 0 Å². The molecule has 0 bridgehead atoms. The van der Waals surface area contributed by atoms with Gasteiger partial charge in [0.05, 0.1) is 12.7 Å². The fourth-order valence-corrected chi connectivity index (χ4v) is 1.40. The van der Waals surface area contributed by atoms with E-state index in [9.17, 15) is 9.90 Å². The molecule has 0 aliphatic heterocycles. The molecule has 0 saturated heterocycles. The Hall–Kier alpha value is -2.57. The van der Waals surface area contributed by atoms with Crippen LogP contribution in [0.1, 0.15) is 10.4 Å². The first-order valence-corrected chi connectivity index (χ1v) is 5.31. The third-order valence-electron chi connectivity index (χ3n) is 2.34. The zero-order valence-corrected chi connectivity index (χ0v) is 9.45. The molecule has 7 nitrogen and oxygen atoms in total. The first kappa shape index (κ1) is 11.9. The van der Waals surface area contributed by atoms with Crippen molar-refractivity contribution in [2.45, 2.75) is 6.54 Å². The van der Waals surface area contributed by atoms with Crippen molar-refractivity contribution in [1.29, 1.82) is 0 Å². The maximum Gasteiger partial charge on any atom is 0.251 e. The Morgan fingerprint density at radius 2 is 2.17 bits per heavy atom. The minimum atomic E-state index is -0.328. The summed E-state index contributed by atoms with van der Waals surface area (Å²) in [5.74, 6) is -0.904. The molecule has 18 heavy (non-hydrogen) atoms. The fourth-order valence-electron chi connectivity index (χ4n) is 1.40. The summed E-state index contributed by atoms with van der Waals surface area (Å²) in [5.41, 5.74) is 0.281. The van der Waals surface area contributed by atoms with E-state index in [0.717, 1.165) is 0 Å². The second-order valence-electron chi connectivity index (χ2n) is 3.63. The van der Waals surface area contributed by atoms with Gasteiger partial charge in [0, 0.05) is 18.3 Å². The number of nitrogens with one attached hydrogen (secondary N) is 1. The zero-order valence-electron chi connectivity index (χ0n) is 9.45. The van der Waals surface area contributed by atoms with Gasteiger partial charge in [0.15, 0.2) is 11.5 Å². The van der Waals surface area contributed by atoms with E-state index in [1.54, 1.807) is 17.1 Å². The van der Waals surface area contributed by atoms with Gasteiger partial charge in [-0.05, 0) is 18.2 Å². The van der Waals surface area contributed by atoms with Crippen LogP contribution in [0.3, 0.4) is 0 Å². The molecule has 0 aliphatic rings. The third-order valence-corrected chi connectivity index (χ3v) is 2.34. The summed E-state index contributed by atoms with van der Waals surface area (Å²) in [6, 6.07) is 3.90. The van der Waals surface area contributed by atoms with Crippen LogP contribution >= 0.6 is 0 Å². The summed E-state index contributed by atoms with van der Waals surface area (Å²) in [6.07, 6.45) is 3.25. The van der Waals surface area contributed by atoms with Crippen LogP contribution in [0, 0.1) is 0 Å². The van der Waals surface area contributed by atoms with Crippen LogP contribution in [0.5, 0.6) is 11.5 Å². The minimum absolute atomic E-state index is 0.255. The lowest BCUT2D eigenvalue weighted by molar-refractivity contribution is 0.0951. The van der Waals surface area contributed by atoms with E-state index < -0.39 is 0 Å². The second-order valence-corrected chi connectivity index (χ2v) is 3.63. The normalized spacial score (nSPS) is 10.2. The van der Waals surface area contributed by atoms with E-state index in [0.29, 0.717) is 13.1 Å². The first-order valence-electron chi connectivity index (χ1n) is 5.31. The maximum absolute atomic E-state index is 11.7. The van der Waals surface area contributed by atoms with Crippen LogP contribution in [-0.2, 0) is 6.54 Å². The van der Waals surface area contributed by atoms with Crippen molar-refractivity contribution < 1.29 is 15.0 Å². The molecule has 3 N–H and O–H groups in total. The number of carbonyl (C=O) groups excluding carboxylic acids is 1. The Bertz CT molecular complexity index is 539. The van der Waals surface area contributed by atoms with Crippen molar-refractivity contribution in [3.8, 4) is 11.5 Å². The lowest BCUT2D eigenvalue weighted by Gasteiger charge is -2.06. The molecule has 2 rings (SSSR count). The molecule has 0 atom stereocenters. The lowest BCUT2D eigenvalue weighted by Crippen LogP contribution is -2.27. The van der Waals surface area contributed by atoms with Gasteiger partial charge in [0.2, 0.25) is 0 Å². The van der Waals surface area contributed by atoms with E-state index in [1.165, 1.54) is 18.2 Å². The van der Waals surface area contributed by atoms with Crippen molar-refractivity contribution in [1.82, 2.24) is 20.3 Å². The van der Waals surface area contributed by atoms with Gasteiger partial charge in [-0.1, -0.05) is 5.21 Å². The number of amides is 1. The third kappa shape index (κ3) is 2.76. The number of benzene rings is 1. The average molecular weight is 248 g/mol. The van der Waals surface area contributed by atoms with Gasteiger partial charge in [-0.25, -0.2) is 0 Å². The van der Waals surface area contributed by atoms with Crippen LogP contribution in [-0.4, -0.2) is 37.7 Å². The Morgan fingerprint density at radius 1 is 1.33 bits per heavy atom. The minimum Gasteiger partial charge on any atom is -0.504 e. The number of carbonyl (C=O) groups is 1. The Kier molecular flexibility index (Phi) is 3.42. The van der Waals surface area contributed by atoms with Gasteiger partial charge in [-0.15, -0.1) is 5.10 Å². The fraction of sp³-hybridized carbons (Fsp3) is 0.182. The van der Waals surface area contributed by atoms with E-state index in [-0.39, 0.29) is 23.0 Å². The molecule has 1 aromatic heterocycles. The van der Waals surface area contributed by atoms with Crippen LogP contribution in [0.4, 0.5) is 0 Å². The molecular formula is C11H12N4O3. The summed E-state index contributed by atoms with van der Waals surface area (Å²) in [4.78, 5) is 11.7. The van der Waals surface area contributed by atoms with Gasteiger partial charge >= 0.3 is 0 Å². The van der Waals surface area contributed by atoms with E-state index in [4.69, 9.17) is 5.11 Å². The predicted molar refractivity (Wildman–Crippen MR) is 62.1 cm³/mol. The standard InChI is InChI=1S/C11H12N4O3/c16-9-2-1-8(7-10(9)17)11(18)12-3-5-15-6-4-13-14-15/h1-2,4,6-7,16-17H,3,5H2,(H,12,18). The number of nitrogens with zero attached hydrogens (tertiary/aromatic N) is 3. The molecule has 1 amide bonds. The molecule has 0 aliphatic carbocycles. The van der Waals surface area contributed by atoms with Crippen LogP contribution in [0.15, 0.2) is 30.6 Å². The molecule has 1 heterocycles. The molecule has 94 valence electrons. The van der Waals surface area contributed by atoms with E-state index in [2.05, 4.69) is 15.6 Å². The van der Waals surface area contributed by atoms with Gasteiger partial charge in [-0.3, -0.25) is 9.48 Å². The van der Waals surface area contributed by atoms with Crippen LogP contribution in [0.2, 0.25) is 0 Å². The summed E-state index contributed by atoms with van der Waals surface area (Å²) >= 11 is 0. The van der Waals surface area contributed by atoms with Gasteiger partial charge in [-0.2, -0.15) is 0 Å². The smallest absolute Gasteiger partial charge is 0.251 e. The highest BCUT2D eigenvalue weighted by Crippen LogP contribution is 2.24. The quantitative estimate of drug-likeness (QED) is 0.667. The molecule has 0 saturated carbocycles. The molecule has 7 heteroatoms. The largest absolute Gasteiger partial charge is 0.504 e. The second kappa shape index (κ2) is 5.17. The van der Waals surface area contributed by atoms with Crippen LogP contribution < -0.4 is 5.32 Å². The molecule has 2 aromatic rings. The molecule has 0 unspecified atom stereocenters. The lowest BCUT2D eigenvalue weighted by atomic mass is 10.2. The van der Waals surface area contributed by atoms with Gasteiger partial charge < -0.3 is 15.5 Å². The van der Waals surface area contributed by atoms with Crippen molar-refractivity contribution >= 4 is 5.91 Å². The number of hydrogen-bond donors (Lipinski definition) is 3. The van der Waals surface area contributed by atoms with Crippen molar-refractivity contribution in [3.63, 3.8) is 0 Å². The van der Waals surface area contributed by atoms with Crippen molar-refractivity contribution in [2.75, 3.05) is 6.54 Å². The summed E-state index contributed by atoms with van der Waals surface area (Å²) in [6.45, 7) is 0.902. The highest BCUT2D eigenvalue weighted by molar-refractivity contribution is 5.94. The Balaban J connectivity index is 1.89. The number of phenols is 2. The number of aromatic nitrogens is 3. The molecular weight excluding hydrogens is 236 g/mol. The zero-order chi connectivity index (χ0) is 13.0. The van der Waals surface area contributed by atoms with Crippen molar-refractivity contribution in [2.24, 2.45) is 0 Å². The Morgan fingerprint density at radius 3 is 2.83 bits per heavy atom. The summed E-state index contributed by atoms with van der Waals surface area (Å²) in [5, 5.41) is 28.5. The molecule has 0 radical (unpaired) electrons. The highest BCUT2D eigenvalue weighted by Gasteiger charge is 2.08. The van der Waals surface area contributed by atoms with E-state index >= 15 is 0 Å². The number of aromatic hydroxyl groups is 2. The van der Waals surface area contributed by atoms with Crippen molar-refractivity contribution in [3.05, 3.63) is 36.2 Å². The maximum atomic E-state index is 11.7. The SMILES string of the molecule is O=C(NCCn1ccnn1)c1ccc(O)c(O)c1. The summed E-state index contributed by atoms with van der Waals surface area (Å²) in [7, 11) is 0. The van der Waals surface area contributed by atoms with Gasteiger partial charge in [0.25, 0.3) is 5.91 Å². The number of rotatable bonds is 4. The Labute approximate surface area is 103 Å². The monoisotopic (exact) mass is 248 g/mol. The number of phenolic OH excluding ortho intramolecular Hbond substituents is 2. The topological polar surface area (TPSA) is 100 Å². The highest BCUT2D eigenvalue weighted by atomic mass is 16.3.